The monoisotopic (exact) mass is 595 g/mol. The molecule has 3 aromatic rings. The normalized spacial score (nSPS) is 27.1. The lowest BCUT2D eigenvalue weighted by Gasteiger charge is -2.25. The van der Waals surface area contributed by atoms with Crippen LogP contribution in [0.1, 0.15) is 62.5 Å². The SMILES string of the molecule is O=C(Nc1ccc(CN(Cc2ccc(NC(=O)[C@@H]3C[C@@H]4CCC[C@@H]4N3)cc2)c2ccc(F)cc2)cc1)C1C[C@@H]2CCCC2N1. The Morgan fingerprint density at radius 3 is 1.55 bits per heavy atom. The molecule has 4 aliphatic rings. The van der Waals surface area contributed by atoms with Crippen molar-refractivity contribution in [1.82, 2.24) is 10.6 Å². The predicted octanol–water partition coefficient (Wildman–Crippen LogP) is 5.97. The number of amides is 2. The maximum absolute atomic E-state index is 13.8. The average molecular weight is 596 g/mol. The maximum Gasteiger partial charge on any atom is 0.241 e. The summed E-state index contributed by atoms with van der Waals surface area (Å²) in [5.74, 6) is 1.09. The maximum atomic E-state index is 13.8. The van der Waals surface area contributed by atoms with E-state index in [-0.39, 0.29) is 29.7 Å². The van der Waals surface area contributed by atoms with Gasteiger partial charge in [0.05, 0.1) is 12.1 Å². The molecular weight excluding hydrogens is 553 g/mol. The molecule has 7 nitrogen and oxygen atoms in total. The Labute approximate surface area is 259 Å². The number of carbonyl (C=O) groups excluding carboxylic acids is 2. The number of nitrogens with one attached hydrogen (secondary N) is 4. The smallest absolute Gasteiger partial charge is 0.241 e. The van der Waals surface area contributed by atoms with E-state index in [1.54, 1.807) is 12.1 Å². The van der Waals surface area contributed by atoms with Gasteiger partial charge < -0.3 is 26.2 Å². The lowest BCUT2D eigenvalue weighted by Crippen LogP contribution is -2.38. The quantitative estimate of drug-likeness (QED) is 0.245. The second kappa shape index (κ2) is 12.7. The van der Waals surface area contributed by atoms with Gasteiger partial charge >= 0.3 is 0 Å². The molecule has 2 saturated carbocycles. The summed E-state index contributed by atoms with van der Waals surface area (Å²) in [6, 6.07) is 23.3. The number of fused-ring (bicyclic) bond motifs is 2. The number of nitrogens with zero attached hydrogens (tertiary/aromatic N) is 1. The zero-order chi connectivity index (χ0) is 30.0. The highest BCUT2D eigenvalue weighted by Crippen LogP contribution is 2.36. The fourth-order valence-electron chi connectivity index (χ4n) is 7.88. The summed E-state index contributed by atoms with van der Waals surface area (Å²) >= 11 is 0. The summed E-state index contributed by atoms with van der Waals surface area (Å²) in [6.45, 7) is 1.23. The van der Waals surface area contributed by atoms with Gasteiger partial charge in [-0.3, -0.25) is 9.59 Å². The van der Waals surface area contributed by atoms with Crippen LogP contribution in [0.4, 0.5) is 21.5 Å². The summed E-state index contributed by atoms with van der Waals surface area (Å²) in [6.07, 6.45) is 9.16. The van der Waals surface area contributed by atoms with Gasteiger partial charge in [0.15, 0.2) is 0 Å². The van der Waals surface area contributed by atoms with Crippen LogP contribution in [0.5, 0.6) is 0 Å². The van der Waals surface area contributed by atoms with Crippen LogP contribution in [0.25, 0.3) is 0 Å². The molecule has 8 heteroatoms. The highest BCUT2D eigenvalue weighted by atomic mass is 19.1. The topological polar surface area (TPSA) is 85.5 Å². The molecule has 2 amide bonds. The number of anilines is 3. The van der Waals surface area contributed by atoms with Crippen LogP contribution in [0.3, 0.4) is 0 Å². The van der Waals surface area contributed by atoms with Gasteiger partial charge in [-0.25, -0.2) is 4.39 Å². The predicted molar refractivity (Wildman–Crippen MR) is 172 cm³/mol. The van der Waals surface area contributed by atoms with Crippen molar-refractivity contribution in [1.29, 1.82) is 0 Å². The lowest BCUT2D eigenvalue weighted by molar-refractivity contribution is -0.118. The minimum absolute atomic E-state index is 0.0433. The van der Waals surface area contributed by atoms with E-state index in [1.165, 1.54) is 50.7 Å². The van der Waals surface area contributed by atoms with Crippen molar-refractivity contribution >= 4 is 28.9 Å². The number of hydrogen-bond acceptors (Lipinski definition) is 5. The molecular formula is C36H42FN5O2. The molecule has 4 N–H and O–H groups in total. The van der Waals surface area contributed by atoms with Crippen molar-refractivity contribution in [2.45, 2.75) is 88.6 Å². The summed E-state index contributed by atoms with van der Waals surface area (Å²) < 4.78 is 13.8. The van der Waals surface area contributed by atoms with Crippen LogP contribution in [0, 0.1) is 17.7 Å². The molecule has 7 rings (SSSR count). The molecule has 0 bridgehead atoms. The number of hydrogen-bond donors (Lipinski definition) is 4. The highest BCUT2D eigenvalue weighted by molar-refractivity contribution is 5.95. The molecule has 2 heterocycles. The molecule has 44 heavy (non-hydrogen) atoms. The number of carbonyl (C=O) groups is 2. The summed E-state index contributed by atoms with van der Waals surface area (Å²) in [7, 11) is 0. The Balaban J connectivity index is 0.975. The minimum Gasteiger partial charge on any atom is -0.363 e. The molecule has 2 saturated heterocycles. The zero-order valence-corrected chi connectivity index (χ0v) is 25.1. The van der Waals surface area contributed by atoms with Crippen molar-refractivity contribution in [3.05, 3.63) is 89.7 Å². The summed E-state index contributed by atoms with van der Waals surface area (Å²) in [5.41, 5.74) is 4.66. The van der Waals surface area contributed by atoms with E-state index in [0.717, 1.165) is 41.0 Å². The zero-order valence-electron chi connectivity index (χ0n) is 25.1. The molecule has 2 aliphatic carbocycles. The van der Waals surface area contributed by atoms with Gasteiger partial charge in [-0.15, -0.1) is 0 Å². The van der Waals surface area contributed by atoms with Gasteiger partial charge in [0, 0.05) is 42.2 Å². The van der Waals surface area contributed by atoms with Crippen molar-refractivity contribution < 1.29 is 14.0 Å². The van der Waals surface area contributed by atoms with E-state index < -0.39 is 0 Å². The van der Waals surface area contributed by atoms with E-state index in [0.29, 0.717) is 37.0 Å². The molecule has 230 valence electrons. The molecule has 4 fully saturated rings. The van der Waals surface area contributed by atoms with Gasteiger partial charge in [0.1, 0.15) is 5.82 Å². The third-order valence-corrected chi connectivity index (χ3v) is 10.2. The Morgan fingerprint density at radius 2 is 1.11 bits per heavy atom. The van der Waals surface area contributed by atoms with Gasteiger partial charge in [-0.05, 0) is 110 Å². The van der Waals surface area contributed by atoms with Crippen LogP contribution in [-0.4, -0.2) is 36.0 Å². The van der Waals surface area contributed by atoms with E-state index >= 15 is 0 Å². The fraction of sp³-hybridized carbons (Fsp3) is 0.444. The fourth-order valence-corrected chi connectivity index (χ4v) is 7.88. The van der Waals surface area contributed by atoms with Gasteiger partial charge in [0.2, 0.25) is 11.8 Å². The van der Waals surface area contributed by atoms with Crippen molar-refractivity contribution in [3.63, 3.8) is 0 Å². The molecule has 2 unspecified atom stereocenters. The Morgan fingerprint density at radius 1 is 0.659 bits per heavy atom. The number of rotatable bonds is 9. The average Bonchev–Trinajstić information content (AvgIpc) is 3.81. The third-order valence-electron chi connectivity index (χ3n) is 10.2. The number of benzene rings is 3. The molecule has 6 atom stereocenters. The number of halogens is 1. The Bertz CT molecular complexity index is 1350. The molecule has 0 spiro atoms. The molecule has 0 radical (unpaired) electrons. The first-order chi connectivity index (χ1) is 21.5. The van der Waals surface area contributed by atoms with E-state index in [1.807, 2.05) is 48.5 Å². The molecule has 3 aromatic carbocycles. The van der Waals surface area contributed by atoms with Gasteiger partial charge in [-0.1, -0.05) is 37.1 Å². The summed E-state index contributed by atoms with van der Waals surface area (Å²) in [4.78, 5) is 27.9. The highest BCUT2D eigenvalue weighted by Gasteiger charge is 2.40. The lowest BCUT2D eigenvalue weighted by atomic mass is 10.0. The van der Waals surface area contributed by atoms with Gasteiger partial charge in [-0.2, -0.15) is 0 Å². The van der Waals surface area contributed by atoms with E-state index in [9.17, 15) is 14.0 Å². The summed E-state index contributed by atoms with van der Waals surface area (Å²) in [5, 5.41) is 13.2. The van der Waals surface area contributed by atoms with Crippen molar-refractivity contribution in [2.24, 2.45) is 11.8 Å². The third kappa shape index (κ3) is 6.52. The Hall–Kier alpha value is -3.75. The first-order valence-corrected chi connectivity index (χ1v) is 16.3. The van der Waals surface area contributed by atoms with E-state index in [4.69, 9.17) is 0 Å². The van der Waals surface area contributed by atoms with Crippen LogP contribution in [0.15, 0.2) is 72.8 Å². The van der Waals surface area contributed by atoms with Crippen molar-refractivity contribution in [3.8, 4) is 0 Å². The molecule has 0 aromatic heterocycles. The van der Waals surface area contributed by atoms with Gasteiger partial charge in [0.25, 0.3) is 0 Å². The first-order valence-electron chi connectivity index (χ1n) is 16.3. The van der Waals surface area contributed by atoms with E-state index in [2.05, 4.69) is 26.2 Å². The largest absolute Gasteiger partial charge is 0.363 e. The minimum atomic E-state index is -0.269. The van der Waals surface area contributed by atoms with Crippen molar-refractivity contribution in [2.75, 3.05) is 15.5 Å². The van der Waals surface area contributed by atoms with Crippen LogP contribution in [-0.2, 0) is 22.7 Å². The van der Waals surface area contributed by atoms with Crippen LogP contribution < -0.4 is 26.2 Å². The standard InChI is InChI=1S/C36H42FN5O2/c37-27-11-17-30(18-12-27)42(21-23-7-13-28(14-8-23)38-35(43)33-19-25-3-1-5-31(25)40-33)22-24-9-15-29(16-10-24)39-36(44)34-20-26-4-2-6-32(26)41-34/h7-18,25-26,31-34,40-41H,1-6,19-22H2,(H,38,43)(H,39,44)/t25-,26-,31-,32?,33-,34?/m0/s1. The van der Waals surface area contributed by atoms with Crippen LogP contribution >= 0.6 is 0 Å². The second-order valence-electron chi connectivity index (χ2n) is 13.2. The van der Waals surface area contributed by atoms with Crippen LogP contribution in [0.2, 0.25) is 0 Å². The molecule has 2 aliphatic heterocycles. The second-order valence-corrected chi connectivity index (χ2v) is 13.2. The first kappa shape index (κ1) is 29.0. The Kier molecular flexibility index (Phi) is 8.37.